The Morgan fingerprint density at radius 2 is 1.80 bits per heavy atom. The van der Waals surface area contributed by atoms with Crippen LogP contribution in [0.2, 0.25) is 0 Å². The lowest BCUT2D eigenvalue weighted by Crippen LogP contribution is -1.92. The van der Waals surface area contributed by atoms with Crippen molar-refractivity contribution in [3.05, 3.63) is 41.8 Å². The molecule has 0 unspecified atom stereocenters. The van der Waals surface area contributed by atoms with E-state index >= 15 is 0 Å². The van der Waals surface area contributed by atoms with Crippen LogP contribution in [0.5, 0.6) is 0 Å². The number of hydrogen-bond donors (Lipinski definition) is 2. The Balaban J connectivity index is 0.000000347. The maximum atomic E-state index is 9.19. The molecule has 0 aliphatic rings. The maximum absolute atomic E-state index is 9.19. The number of aryl methyl sites for hydroxylation is 1. The number of oxazole rings is 1. The zero-order chi connectivity index (χ0) is 15.2. The number of aliphatic hydroxyl groups excluding tert-OH is 1. The summed E-state index contributed by atoms with van der Waals surface area (Å²) in [6.45, 7) is 1.96. The summed E-state index contributed by atoms with van der Waals surface area (Å²) in [5.74, 6) is 1.40. The Morgan fingerprint density at radius 3 is 2.30 bits per heavy atom. The van der Waals surface area contributed by atoms with Crippen molar-refractivity contribution in [1.82, 2.24) is 4.98 Å². The van der Waals surface area contributed by atoms with Gasteiger partial charge in [0.15, 0.2) is 0 Å². The zero-order valence-electron chi connectivity index (χ0n) is 11.3. The Labute approximate surface area is 117 Å². The van der Waals surface area contributed by atoms with Gasteiger partial charge in [0.1, 0.15) is 5.76 Å². The minimum atomic E-state index is -3.67. The molecule has 2 rings (SSSR count). The smallest absolute Gasteiger partial charge is 0.261 e. The van der Waals surface area contributed by atoms with Gasteiger partial charge in [0, 0.05) is 18.6 Å². The van der Waals surface area contributed by atoms with Gasteiger partial charge >= 0.3 is 0 Å². The lowest BCUT2D eigenvalue weighted by Gasteiger charge is -1.92. The molecule has 0 spiro atoms. The fourth-order valence-corrected chi connectivity index (χ4v) is 1.47. The van der Waals surface area contributed by atoms with Gasteiger partial charge in [-0.2, -0.15) is 8.42 Å². The molecule has 0 atom stereocenters. The Bertz CT molecular complexity index is 626. The van der Waals surface area contributed by atoms with Crippen molar-refractivity contribution in [3.8, 4) is 11.5 Å². The average molecular weight is 299 g/mol. The first kappa shape index (κ1) is 16.4. The van der Waals surface area contributed by atoms with E-state index in [4.69, 9.17) is 14.1 Å². The van der Waals surface area contributed by atoms with Crippen LogP contribution < -0.4 is 0 Å². The topological polar surface area (TPSA) is 101 Å². The normalized spacial score (nSPS) is 10.8. The minimum Gasteiger partial charge on any atom is -0.441 e. The van der Waals surface area contributed by atoms with Crippen LogP contribution in [0.15, 0.2) is 34.7 Å². The van der Waals surface area contributed by atoms with Crippen LogP contribution >= 0.6 is 0 Å². The van der Waals surface area contributed by atoms with Gasteiger partial charge in [-0.15, -0.1) is 0 Å². The average Bonchev–Trinajstić information content (AvgIpc) is 2.71. The minimum absolute atomic E-state index is 0.0988. The van der Waals surface area contributed by atoms with Crippen molar-refractivity contribution in [1.29, 1.82) is 0 Å². The van der Waals surface area contributed by atoms with E-state index in [1.54, 1.807) is 0 Å². The monoisotopic (exact) mass is 299 g/mol. The molecule has 0 radical (unpaired) electrons. The molecular weight excluding hydrogens is 282 g/mol. The van der Waals surface area contributed by atoms with Crippen LogP contribution in [0, 0.1) is 6.92 Å². The van der Waals surface area contributed by atoms with Crippen LogP contribution in [0.1, 0.15) is 11.5 Å². The van der Waals surface area contributed by atoms with Crippen LogP contribution in [0.25, 0.3) is 11.5 Å². The third kappa shape index (κ3) is 5.96. The lowest BCUT2D eigenvalue weighted by molar-refractivity contribution is 0.297. The SMILES string of the molecule is CS(=O)(=O)O.Cc1oc(-c2ccccc2)nc1CCO. The molecule has 110 valence electrons. The Hall–Kier alpha value is -1.70. The van der Waals surface area contributed by atoms with E-state index < -0.39 is 10.1 Å². The highest BCUT2D eigenvalue weighted by molar-refractivity contribution is 7.85. The summed E-state index contributed by atoms with van der Waals surface area (Å²) in [7, 11) is -3.67. The summed E-state index contributed by atoms with van der Waals surface area (Å²) in [5, 5.41) is 8.84. The third-order valence-corrected chi connectivity index (χ3v) is 2.26. The molecule has 20 heavy (non-hydrogen) atoms. The summed E-state index contributed by atoms with van der Waals surface area (Å²) in [6.07, 6.45) is 1.26. The first-order valence-corrected chi connectivity index (χ1v) is 7.71. The van der Waals surface area contributed by atoms with Crippen LogP contribution in [-0.4, -0.2) is 35.9 Å². The number of nitrogens with zero attached hydrogens (tertiary/aromatic N) is 1. The van der Waals surface area contributed by atoms with Gasteiger partial charge < -0.3 is 9.52 Å². The van der Waals surface area contributed by atoms with Gasteiger partial charge in [-0.05, 0) is 19.1 Å². The van der Waals surface area contributed by atoms with Gasteiger partial charge in [0.25, 0.3) is 10.1 Å². The highest BCUT2D eigenvalue weighted by Gasteiger charge is 2.09. The van der Waals surface area contributed by atoms with E-state index in [2.05, 4.69) is 4.98 Å². The Morgan fingerprint density at radius 1 is 1.25 bits per heavy atom. The lowest BCUT2D eigenvalue weighted by atomic mass is 10.2. The molecule has 0 saturated carbocycles. The van der Waals surface area contributed by atoms with Crippen molar-refractivity contribution in [2.45, 2.75) is 13.3 Å². The van der Waals surface area contributed by atoms with Gasteiger partial charge in [0.05, 0.1) is 11.9 Å². The highest BCUT2D eigenvalue weighted by atomic mass is 32.2. The maximum Gasteiger partial charge on any atom is 0.261 e. The molecular formula is C13H17NO5S. The van der Waals surface area contributed by atoms with E-state index in [1.165, 1.54) is 0 Å². The number of aliphatic hydroxyl groups is 1. The summed E-state index contributed by atoms with van der Waals surface area (Å²) in [6, 6.07) is 9.75. The van der Waals surface area contributed by atoms with Crippen LogP contribution in [-0.2, 0) is 16.5 Å². The number of aromatic nitrogens is 1. The number of hydrogen-bond acceptors (Lipinski definition) is 5. The summed E-state index contributed by atoms with van der Waals surface area (Å²) < 4.78 is 31.4. The molecule has 6 nitrogen and oxygen atoms in total. The summed E-state index contributed by atoms with van der Waals surface area (Å²) in [4.78, 5) is 4.34. The Kier molecular flexibility index (Phi) is 5.87. The van der Waals surface area contributed by atoms with Gasteiger partial charge in [-0.25, -0.2) is 4.98 Å². The fourth-order valence-electron chi connectivity index (χ4n) is 1.47. The van der Waals surface area contributed by atoms with Crippen molar-refractivity contribution < 1.29 is 22.5 Å². The molecule has 0 fully saturated rings. The second-order valence-corrected chi connectivity index (χ2v) is 5.56. The number of benzene rings is 1. The van der Waals surface area contributed by atoms with E-state index in [1.807, 2.05) is 37.3 Å². The standard InChI is InChI=1S/C12H13NO2.CH4O3S/c1-9-11(7-8-14)13-12(15-9)10-5-3-2-4-6-10;1-5(2,3)4/h2-6,14H,7-8H2,1H3;1H3,(H,2,3,4). The van der Waals surface area contributed by atoms with E-state index in [9.17, 15) is 8.42 Å². The van der Waals surface area contributed by atoms with Crippen molar-refractivity contribution in [2.24, 2.45) is 0 Å². The van der Waals surface area contributed by atoms with E-state index in [-0.39, 0.29) is 6.61 Å². The highest BCUT2D eigenvalue weighted by Crippen LogP contribution is 2.21. The molecule has 1 heterocycles. The first-order valence-electron chi connectivity index (χ1n) is 5.86. The van der Waals surface area contributed by atoms with Gasteiger partial charge in [0.2, 0.25) is 5.89 Å². The summed E-state index contributed by atoms with van der Waals surface area (Å²) in [5.41, 5.74) is 1.79. The van der Waals surface area contributed by atoms with Crippen molar-refractivity contribution >= 4 is 10.1 Å². The zero-order valence-corrected chi connectivity index (χ0v) is 12.1. The van der Waals surface area contributed by atoms with Gasteiger partial charge in [-0.1, -0.05) is 18.2 Å². The molecule has 0 aliphatic carbocycles. The van der Waals surface area contributed by atoms with Crippen molar-refractivity contribution in [3.63, 3.8) is 0 Å². The third-order valence-electron chi connectivity index (χ3n) is 2.26. The predicted octanol–water partition coefficient (Wildman–Crippen LogP) is 1.69. The molecule has 2 aromatic rings. The van der Waals surface area contributed by atoms with E-state index in [0.717, 1.165) is 17.0 Å². The van der Waals surface area contributed by atoms with Crippen LogP contribution in [0.3, 0.4) is 0 Å². The molecule has 1 aromatic heterocycles. The van der Waals surface area contributed by atoms with Crippen LogP contribution in [0.4, 0.5) is 0 Å². The molecule has 0 amide bonds. The molecule has 0 saturated heterocycles. The molecule has 0 aliphatic heterocycles. The quantitative estimate of drug-likeness (QED) is 0.836. The molecule has 7 heteroatoms. The fraction of sp³-hybridized carbons (Fsp3) is 0.308. The first-order chi connectivity index (χ1) is 9.31. The summed E-state index contributed by atoms with van der Waals surface area (Å²) >= 11 is 0. The van der Waals surface area contributed by atoms with Crippen molar-refractivity contribution in [2.75, 3.05) is 12.9 Å². The second kappa shape index (κ2) is 7.18. The largest absolute Gasteiger partial charge is 0.441 e. The molecule has 1 aromatic carbocycles. The van der Waals surface area contributed by atoms with E-state index in [0.29, 0.717) is 18.6 Å². The molecule has 2 N–H and O–H groups in total. The molecule has 0 bridgehead atoms. The number of rotatable bonds is 3. The predicted molar refractivity (Wildman–Crippen MR) is 74.9 cm³/mol. The second-order valence-electron chi connectivity index (χ2n) is 4.09. The van der Waals surface area contributed by atoms with Gasteiger partial charge in [-0.3, -0.25) is 4.55 Å².